The smallest absolute Gasteiger partial charge is 0.317 e. The molecule has 1 unspecified atom stereocenters. The zero-order chi connectivity index (χ0) is 14.5. The fraction of sp³-hybridized carbons (Fsp3) is 0.429. The van der Waals surface area contributed by atoms with Crippen LogP contribution in [0.3, 0.4) is 0 Å². The third-order valence-electron chi connectivity index (χ3n) is 3.41. The van der Waals surface area contributed by atoms with E-state index in [0.29, 0.717) is 25.9 Å². The number of benzene rings is 1. The van der Waals surface area contributed by atoms with E-state index in [4.69, 9.17) is 5.11 Å². The van der Waals surface area contributed by atoms with Crippen LogP contribution in [0.4, 0.5) is 9.18 Å². The van der Waals surface area contributed by atoms with Gasteiger partial charge in [-0.15, -0.1) is 0 Å². The van der Waals surface area contributed by atoms with Gasteiger partial charge in [-0.25, -0.2) is 9.18 Å². The molecule has 1 aliphatic rings. The van der Waals surface area contributed by atoms with E-state index in [1.165, 1.54) is 17.0 Å². The Morgan fingerprint density at radius 3 is 2.70 bits per heavy atom. The van der Waals surface area contributed by atoms with Crippen LogP contribution in [-0.4, -0.2) is 35.1 Å². The standard InChI is InChI=1S/C14H17FN2O3/c15-12-5-3-10(4-6-12)8-16-14(20)17-7-1-2-11(9-17)13(18)19/h3-6,11H,1-2,7-9H2,(H,16,20)(H,18,19). The summed E-state index contributed by atoms with van der Waals surface area (Å²) in [4.78, 5) is 24.4. The van der Waals surface area contributed by atoms with Crippen molar-refractivity contribution in [3.8, 4) is 0 Å². The van der Waals surface area contributed by atoms with E-state index in [-0.39, 0.29) is 18.4 Å². The minimum atomic E-state index is -0.860. The van der Waals surface area contributed by atoms with Gasteiger partial charge in [-0.05, 0) is 30.5 Å². The highest BCUT2D eigenvalue weighted by molar-refractivity contribution is 5.76. The molecule has 20 heavy (non-hydrogen) atoms. The first-order valence-corrected chi connectivity index (χ1v) is 6.56. The summed E-state index contributed by atoms with van der Waals surface area (Å²) in [5.74, 6) is -1.67. The monoisotopic (exact) mass is 280 g/mol. The number of amides is 2. The molecule has 0 aliphatic carbocycles. The molecule has 1 aromatic rings. The van der Waals surface area contributed by atoms with Crippen LogP contribution in [0.25, 0.3) is 0 Å². The number of carbonyl (C=O) groups is 2. The number of piperidine rings is 1. The molecule has 0 aromatic heterocycles. The lowest BCUT2D eigenvalue weighted by molar-refractivity contribution is -0.143. The summed E-state index contributed by atoms with van der Waals surface area (Å²) in [5, 5.41) is 11.7. The van der Waals surface area contributed by atoms with Crippen molar-refractivity contribution in [3.05, 3.63) is 35.6 Å². The van der Waals surface area contributed by atoms with Crippen LogP contribution in [0, 0.1) is 11.7 Å². The van der Waals surface area contributed by atoms with Crippen molar-refractivity contribution in [2.45, 2.75) is 19.4 Å². The Morgan fingerprint density at radius 1 is 1.35 bits per heavy atom. The van der Waals surface area contributed by atoms with Crippen molar-refractivity contribution in [1.29, 1.82) is 0 Å². The quantitative estimate of drug-likeness (QED) is 0.887. The topological polar surface area (TPSA) is 69.6 Å². The molecule has 1 aliphatic heterocycles. The predicted molar refractivity (Wildman–Crippen MR) is 70.6 cm³/mol. The summed E-state index contributed by atoms with van der Waals surface area (Å²) in [6.07, 6.45) is 1.30. The molecule has 0 bridgehead atoms. The second-order valence-corrected chi connectivity index (χ2v) is 4.91. The lowest BCUT2D eigenvalue weighted by Crippen LogP contribution is -2.46. The minimum absolute atomic E-state index is 0.241. The molecule has 2 rings (SSSR count). The third-order valence-corrected chi connectivity index (χ3v) is 3.41. The Kier molecular flexibility index (Phi) is 4.55. The van der Waals surface area contributed by atoms with Crippen LogP contribution >= 0.6 is 0 Å². The highest BCUT2D eigenvalue weighted by atomic mass is 19.1. The maximum Gasteiger partial charge on any atom is 0.317 e. The maximum atomic E-state index is 12.7. The molecule has 6 heteroatoms. The number of hydrogen-bond acceptors (Lipinski definition) is 2. The van der Waals surface area contributed by atoms with Crippen molar-refractivity contribution in [2.75, 3.05) is 13.1 Å². The molecule has 0 radical (unpaired) electrons. The van der Waals surface area contributed by atoms with E-state index in [1.807, 2.05) is 0 Å². The number of carboxylic acid groups (broad SMARTS) is 1. The van der Waals surface area contributed by atoms with Gasteiger partial charge in [0.2, 0.25) is 0 Å². The number of carbonyl (C=O) groups excluding carboxylic acids is 1. The highest BCUT2D eigenvalue weighted by Gasteiger charge is 2.27. The third kappa shape index (κ3) is 3.69. The molecule has 1 atom stereocenters. The molecule has 0 spiro atoms. The van der Waals surface area contributed by atoms with Gasteiger partial charge in [0.15, 0.2) is 0 Å². The van der Waals surface area contributed by atoms with Crippen molar-refractivity contribution in [1.82, 2.24) is 10.2 Å². The van der Waals surface area contributed by atoms with Crippen LogP contribution in [-0.2, 0) is 11.3 Å². The predicted octanol–water partition coefficient (Wildman–Crippen LogP) is 1.83. The molecule has 1 aromatic carbocycles. The van der Waals surface area contributed by atoms with Gasteiger partial charge in [0, 0.05) is 19.6 Å². The molecule has 2 N–H and O–H groups in total. The molecule has 1 fully saturated rings. The first kappa shape index (κ1) is 14.3. The molecule has 1 heterocycles. The molecule has 0 saturated carbocycles. The van der Waals surface area contributed by atoms with E-state index in [2.05, 4.69) is 5.32 Å². The van der Waals surface area contributed by atoms with E-state index < -0.39 is 11.9 Å². The van der Waals surface area contributed by atoms with Gasteiger partial charge in [0.05, 0.1) is 5.92 Å². The van der Waals surface area contributed by atoms with Gasteiger partial charge in [0.1, 0.15) is 5.82 Å². The number of halogens is 1. The van der Waals surface area contributed by atoms with Crippen molar-refractivity contribution >= 4 is 12.0 Å². The number of rotatable bonds is 3. The number of likely N-dealkylation sites (tertiary alicyclic amines) is 1. The molecule has 1 saturated heterocycles. The molecule has 5 nitrogen and oxygen atoms in total. The molecule has 2 amide bonds. The van der Waals surface area contributed by atoms with Crippen molar-refractivity contribution in [3.63, 3.8) is 0 Å². The fourth-order valence-corrected chi connectivity index (χ4v) is 2.25. The van der Waals surface area contributed by atoms with E-state index in [1.54, 1.807) is 12.1 Å². The van der Waals surface area contributed by atoms with Crippen LogP contribution < -0.4 is 5.32 Å². The number of hydrogen-bond donors (Lipinski definition) is 2. The molecule has 108 valence electrons. The average Bonchev–Trinajstić information content (AvgIpc) is 2.46. The molecular formula is C14H17FN2O3. The van der Waals surface area contributed by atoms with Gasteiger partial charge in [-0.3, -0.25) is 4.79 Å². The summed E-state index contributed by atoms with van der Waals surface area (Å²) >= 11 is 0. The van der Waals surface area contributed by atoms with Gasteiger partial charge >= 0.3 is 12.0 Å². The number of nitrogens with zero attached hydrogens (tertiary/aromatic N) is 1. The average molecular weight is 280 g/mol. The lowest BCUT2D eigenvalue weighted by Gasteiger charge is -2.30. The summed E-state index contributed by atoms with van der Waals surface area (Å²) in [6.45, 7) is 1.11. The second-order valence-electron chi connectivity index (χ2n) is 4.91. The zero-order valence-electron chi connectivity index (χ0n) is 11.0. The number of aliphatic carboxylic acids is 1. The first-order chi connectivity index (χ1) is 9.56. The number of nitrogens with one attached hydrogen (secondary N) is 1. The summed E-state index contributed by atoms with van der Waals surface area (Å²) < 4.78 is 12.7. The number of carboxylic acids is 1. The van der Waals surface area contributed by atoms with E-state index in [9.17, 15) is 14.0 Å². The minimum Gasteiger partial charge on any atom is -0.481 e. The Morgan fingerprint density at radius 2 is 2.05 bits per heavy atom. The van der Waals surface area contributed by atoms with E-state index >= 15 is 0 Å². The lowest BCUT2D eigenvalue weighted by atomic mass is 9.99. The maximum absolute atomic E-state index is 12.7. The van der Waals surface area contributed by atoms with Crippen LogP contribution in [0.1, 0.15) is 18.4 Å². The van der Waals surface area contributed by atoms with Crippen molar-refractivity contribution in [2.24, 2.45) is 5.92 Å². The summed E-state index contributed by atoms with van der Waals surface area (Å²) in [7, 11) is 0. The summed E-state index contributed by atoms with van der Waals surface area (Å²) in [6, 6.07) is 5.60. The van der Waals surface area contributed by atoms with Gasteiger partial charge in [0.25, 0.3) is 0 Å². The highest BCUT2D eigenvalue weighted by Crippen LogP contribution is 2.16. The van der Waals surface area contributed by atoms with Gasteiger partial charge in [-0.2, -0.15) is 0 Å². The zero-order valence-corrected chi connectivity index (χ0v) is 11.0. The van der Waals surface area contributed by atoms with E-state index in [0.717, 1.165) is 5.56 Å². The second kappa shape index (κ2) is 6.36. The number of urea groups is 1. The Bertz CT molecular complexity index is 490. The Hall–Kier alpha value is -2.11. The van der Waals surface area contributed by atoms with Crippen LogP contribution in [0.5, 0.6) is 0 Å². The Labute approximate surface area is 116 Å². The first-order valence-electron chi connectivity index (χ1n) is 6.56. The fourth-order valence-electron chi connectivity index (χ4n) is 2.25. The van der Waals surface area contributed by atoms with Gasteiger partial charge in [-0.1, -0.05) is 12.1 Å². The largest absolute Gasteiger partial charge is 0.481 e. The Balaban J connectivity index is 1.85. The normalized spacial score (nSPS) is 18.6. The SMILES string of the molecule is O=C(O)C1CCCN(C(=O)NCc2ccc(F)cc2)C1. The van der Waals surface area contributed by atoms with Gasteiger partial charge < -0.3 is 15.3 Å². The molecular weight excluding hydrogens is 263 g/mol. The van der Waals surface area contributed by atoms with Crippen LogP contribution in [0.2, 0.25) is 0 Å². The summed E-state index contributed by atoms with van der Waals surface area (Å²) in [5.41, 5.74) is 0.798. The van der Waals surface area contributed by atoms with Crippen LogP contribution in [0.15, 0.2) is 24.3 Å². The van der Waals surface area contributed by atoms with Crippen molar-refractivity contribution < 1.29 is 19.1 Å².